The molecule has 1 fully saturated rings. The van der Waals surface area contributed by atoms with E-state index >= 15 is 0 Å². The van der Waals surface area contributed by atoms with Gasteiger partial charge >= 0.3 is 0 Å². The molecule has 0 bridgehead atoms. The maximum Gasteiger partial charge on any atom is 0.254 e. The van der Waals surface area contributed by atoms with Crippen molar-refractivity contribution in [2.75, 3.05) is 26.3 Å². The van der Waals surface area contributed by atoms with Gasteiger partial charge in [-0.2, -0.15) is 0 Å². The zero-order valence-electron chi connectivity index (χ0n) is 11.9. The smallest absolute Gasteiger partial charge is 0.254 e. The highest BCUT2D eigenvalue weighted by molar-refractivity contribution is 5.97. The van der Waals surface area contributed by atoms with E-state index in [1.54, 1.807) is 29.2 Å². The Labute approximate surface area is 118 Å². The van der Waals surface area contributed by atoms with Gasteiger partial charge in [-0.3, -0.25) is 9.59 Å². The van der Waals surface area contributed by atoms with Gasteiger partial charge in [-0.15, -0.1) is 0 Å². The number of hydrogen-bond acceptors (Lipinski definition) is 3. The summed E-state index contributed by atoms with van der Waals surface area (Å²) in [6.07, 6.45) is 0. The van der Waals surface area contributed by atoms with Gasteiger partial charge < -0.3 is 15.0 Å². The molecule has 1 aliphatic rings. The molecule has 2 rings (SSSR count). The van der Waals surface area contributed by atoms with Crippen LogP contribution < -0.4 is 5.32 Å². The van der Waals surface area contributed by atoms with Crippen LogP contribution in [0.3, 0.4) is 0 Å². The first-order valence-corrected chi connectivity index (χ1v) is 6.86. The summed E-state index contributed by atoms with van der Waals surface area (Å²) in [5.41, 5.74) is 1.17. The van der Waals surface area contributed by atoms with Crippen molar-refractivity contribution in [2.24, 2.45) is 0 Å². The molecular formula is C15H20N2O3. The second kappa shape index (κ2) is 6.52. The van der Waals surface area contributed by atoms with Gasteiger partial charge in [0.1, 0.15) is 0 Å². The molecule has 1 aromatic carbocycles. The molecule has 5 nitrogen and oxygen atoms in total. The maximum absolute atomic E-state index is 12.2. The zero-order valence-corrected chi connectivity index (χ0v) is 11.9. The van der Waals surface area contributed by atoms with Crippen LogP contribution in [0, 0.1) is 0 Å². The highest BCUT2D eigenvalue weighted by Crippen LogP contribution is 2.09. The third-order valence-electron chi connectivity index (χ3n) is 3.11. The van der Waals surface area contributed by atoms with Crippen molar-refractivity contribution in [3.8, 4) is 0 Å². The molecule has 0 saturated carbocycles. The van der Waals surface area contributed by atoms with Gasteiger partial charge in [0.15, 0.2) is 0 Å². The average molecular weight is 276 g/mol. The fraction of sp³-hybridized carbons (Fsp3) is 0.467. The summed E-state index contributed by atoms with van der Waals surface area (Å²) in [5.74, 6) is -0.130. The Morgan fingerprint density at radius 2 is 1.65 bits per heavy atom. The molecule has 0 atom stereocenters. The highest BCUT2D eigenvalue weighted by Gasteiger charge is 2.18. The molecule has 1 aliphatic heterocycles. The number of benzene rings is 1. The first-order valence-electron chi connectivity index (χ1n) is 6.86. The standard InChI is InChI=1S/C15H20N2O3/c1-11(2)16-14(18)12-3-5-13(6-4-12)15(19)17-7-9-20-10-8-17/h3-6,11H,7-10H2,1-2H3,(H,16,18). The van der Waals surface area contributed by atoms with E-state index in [4.69, 9.17) is 4.74 Å². The lowest BCUT2D eigenvalue weighted by atomic mass is 10.1. The molecule has 1 heterocycles. The van der Waals surface area contributed by atoms with Crippen LogP contribution in [0.1, 0.15) is 34.6 Å². The summed E-state index contributed by atoms with van der Waals surface area (Å²) >= 11 is 0. The fourth-order valence-electron chi connectivity index (χ4n) is 2.06. The average Bonchev–Trinajstić information content (AvgIpc) is 2.47. The van der Waals surface area contributed by atoms with E-state index in [-0.39, 0.29) is 17.9 Å². The Hall–Kier alpha value is -1.88. The van der Waals surface area contributed by atoms with Crippen LogP contribution in [0.5, 0.6) is 0 Å². The van der Waals surface area contributed by atoms with E-state index in [9.17, 15) is 9.59 Å². The van der Waals surface area contributed by atoms with Gasteiger partial charge in [-0.05, 0) is 38.1 Å². The number of ether oxygens (including phenoxy) is 1. The Balaban J connectivity index is 2.03. The summed E-state index contributed by atoms with van der Waals surface area (Å²) in [5, 5.41) is 2.82. The second-order valence-corrected chi connectivity index (χ2v) is 5.11. The minimum absolute atomic E-state index is 0.0101. The van der Waals surface area contributed by atoms with Crippen LogP contribution in [-0.4, -0.2) is 49.1 Å². The minimum Gasteiger partial charge on any atom is -0.378 e. The van der Waals surface area contributed by atoms with Crippen molar-refractivity contribution < 1.29 is 14.3 Å². The van der Waals surface area contributed by atoms with Crippen molar-refractivity contribution in [1.82, 2.24) is 10.2 Å². The van der Waals surface area contributed by atoms with E-state index in [2.05, 4.69) is 5.32 Å². The lowest BCUT2D eigenvalue weighted by Crippen LogP contribution is -2.40. The Morgan fingerprint density at radius 1 is 1.10 bits per heavy atom. The highest BCUT2D eigenvalue weighted by atomic mass is 16.5. The first kappa shape index (κ1) is 14.5. The van der Waals surface area contributed by atoms with Gasteiger partial charge in [0.25, 0.3) is 11.8 Å². The molecule has 1 N–H and O–H groups in total. The molecular weight excluding hydrogens is 256 g/mol. The van der Waals surface area contributed by atoms with Gasteiger partial charge in [0, 0.05) is 30.3 Å². The molecule has 0 unspecified atom stereocenters. The van der Waals surface area contributed by atoms with Crippen LogP contribution in [-0.2, 0) is 4.74 Å². The summed E-state index contributed by atoms with van der Waals surface area (Å²) < 4.78 is 5.23. The first-order chi connectivity index (χ1) is 9.58. The van der Waals surface area contributed by atoms with E-state index in [1.807, 2.05) is 13.8 Å². The zero-order chi connectivity index (χ0) is 14.5. The molecule has 2 amide bonds. The van der Waals surface area contributed by atoms with Crippen molar-refractivity contribution >= 4 is 11.8 Å². The summed E-state index contributed by atoms with van der Waals surface area (Å²) in [4.78, 5) is 25.8. The second-order valence-electron chi connectivity index (χ2n) is 5.11. The number of carbonyl (C=O) groups is 2. The topological polar surface area (TPSA) is 58.6 Å². The summed E-state index contributed by atoms with van der Waals surface area (Å²) in [6.45, 7) is 6.23. The van der Waals surface area contributed by atoms with Crippen LogP contribution in [0.4, 0.5) is 0 Å². The van der Waals surface area contributed by atoms with Crippen molar-refractivity contribution in [3.05, 3.63) is 35.4 Å². The molecule has 0 radical (unpaired) electrons. The number of hydrogen-bond donors (Lipinski definition) is 1. The molecule has 0 spiro atoms. The van der Waals surface area contributed by atoms with Crippen LogP contribution in [0.2, 0.25) is 0 Å². The fourth-order valence-corrected chi connectivity index (χ4v) is 2.06. The van der Waals surface area contributed by atoms with Crippen molar-refractivity contribution in [3.63, 3.8) is 0 Å². The van der Waals surface area contributed by atoms with Crippen LogP contribution >= 0.6 is 0 Å². The van der Waals surface area contributed by atoms with Gasteiger partial charge in [0.05, 0.1) is 13.2 Å². The van der Waals surface area contributed by atoms with Gasteiger partial charge in [-0.25, -0.2) is 0 Å². The SMILES string of the molecule is CC(C)NC(=O)c1ccc(C(=O)N2CCOCC2)cc1. The predicted octanol–water partition coefficient (Wildman–Crippen LogP) is 1.30. The third kappa shape index (κ3) is 3.57. The third-order valence-corrected chi connectivity index (χ3v) is 3.11. The summed E-state index contributed by atoms with van der Waals surface area (Å²) in [7, 11) is 0. The molecule has 0 aromatic heterocycles. The molecule has 108 valence electrons. The van der Waals surface area contributed by atoms with Crippen LogP contribution in [0.15, 0.2) is 24.3 Å². The molecule has 5 heteroatoms. The normalized spacial score (nSPS) is 15.2. The summed E-state index contributed by atoms with van der Waals surface area (Å²) in [6, 6.07) is 6.87. The Kier molecular flexibility index (Phi) is 4.74. The minimum atomic E-state index is -0.120. The van der Waals surface area contributed by atoms with Gasteiger partial charge in [0.2, 0.25) is 0 Å². The Bertz CT molecular complexity index is 476. The lowest BCUT2D eigenvalue weighted by molar-refractivity contribution is 0.0303. The quantitative estimate of drug-likeness (QED) is 0.905. The molecule has 0 aliphatic carbocycles. The predicted molar refractivity (Wildman–Crippen MR) is 75.8 cm³/mol. The Morgan fingerprint density at radius 3 is 2.20 bits per heavy atom. The number of amides is 2. The number of morpholine rings is 1. The number of rotatable bonds is 3. The lowest BCUT2D eigenvalue weighted by Gasteiger charge is -2.26. The van der Waals surface area contributed by atoms with E-state index < -0.39 is 0 Å². The monoisotopic (exact) mass is 276 g/mol. The number of nitrogens with one attached hydrogen (secondary N) is 1. The number of carbonyl (C=O) groups excluding carboxylic acids is 2. The van der Waals surface area contributed by atoms with Crippen molar-refractivity contribution in [1.29, 1.82) is 0 Å². The van der Waals surface area contributed by atoms with E-state index in [0.29, 0.717) is 37.4 Å². The van der Waals surface area contributed by atoms with Crippen LogP contribution in [0.25, 0.3) is 0 Å². The molecule has 1 saturated heterocycles. The largest absolute Gasteiger partial charge is 0.378 e. The molecule has 1 aromatic rings. The van der Waals surface area contributed by atoms with E-state index in [1.165, 1.54) is 0 Å². The van der Waals surface area contributed by atoms with Gasteiger partial charge in [-0.1, -0.05) is 0 Å². The van der Waals surface area contributed by atoms with E-state index in [0.717, 1.165) is 0 Å². The van der Waals surface area contributed by atoms with Crippen molar-refractivity contribution in [2.45, 2.75) is 19.9 Å². The molecule has 20 heavy (non-hydrogen) atoms. The maximum atomic E-state index is 12.2. The number of nitrogens with zero attached hydrogens (tertiary/aromatic N) is 1.